The Labute approximate surface area is 163 Å². The van der Waals surface area contributed by atoms with Gasteiger partial charge in [-0.05, 0) is 35.9 Å². The predicted octanol–water partition coefficient (Wildman–Crippen LogP) is 1.04. The Kier molecular flexibility index (Phi) is 7.35. The second-order valence-corrected chi connectivity index (χ2v) is 8.22. The number of ether oxygens (including phenoxy) is 1. The number of carbonyl (C=O) groups is 2. The van der Waals surface area contributed by atoms with Crippen molar-refractivity contribution in [2.24, 2.45) is 0 Å². The number of hydrogen-bond donors (Lipinski definition) is 0. The number of rotatable bonds is 10. The maximum Gasteiger partial charge on any atom is 0.321 e. The number of likely N-dealkylation sites (N-methyl/N-ethyl adjacent to an activating group) is 1. The van der Waals surface area contributed by atoms with Crippen molar-refractivity contribution in [2.75, 3.05) is 13.6 Å². The SMILES string of the molecule is CCCCn1nnnc1COC(=O)CN(C)S(=O)(=O)c1ccc(C(C)=O)cc1. The van der Waals surface area contributed by atoms with Crippen molar-refractivity contribution in [3.05, 3.63) is 35.7 Å². The van der Waals surface area contributed by atoms with E-state index in [9.17, 15) is 18.0 Å². The summed E-state index contributed by atoms with van der Waals surface area (Å²) >= 11 is 0. The van der Waals surface area contributed by atoms with Gasteiger partial charge in [-0.15, -0.1) is 5.10 Å². The van der Waals surface area contributed by atoms with Gasteiger partial charge in [0.2, 0.25) is 10.0 Å². The van der Waals surface area contributed by atoms with E-state index in [1.54, 1.807) is 4.68 Å². The molecule has 0 bridgehead atoms. The van der Waals surface area contributed by atoms with Gasteiger partial charge in [0.25, 0.3) is 0 Å². The lowest BCUT2D eigenvalue weighted by Crippen LogP contribution is -2.33. The van der Waals surface area contributed by atoms with Gasteiger partial charge in [0.05, 0.1) is 4.90 Å². The summed E-state index contributed by atoms with van der Waals surface area (Å²) < 4.78 is 32.6. The predicted molar refractivity (Wildman–Crippen MR) is 98.8 cm³/mol. The fraction of sp³-hybridized carbons (Fsp3) is 0.471. The molecule has 0 aliphatic rings. The molecule has 10 nitrogen and oxygen atoms in total. The van der Waals surface area contributed by atoms with Crippen molar-refractivity contribution >= 4 is 21.8 Å². The van der Waals surface area contributed by atoms with E-state index in [0.717, 1.165) is 17.1 Å². The molecule has 1 aromatic heterocycles. The fourth-order valence-electron chi connectivity index (χ4n) is 2.31. The Bertz CT molecular complexity index is 924. The van der Waals surface area contributed by atoms with Crippen molar-refractivity contribution in [3.8, 4) is 0 Å². The van der Waals surface area contributed by atoms with Crippen LogP contribution in [0.25, 0.3) is 0 Å². The van der Waals surface area contributed by atoms with Gasteiger partial charge in [-0.1, -0.05) is 25.5 Å². The lowest BCUT2D eigenvalue weighted by Gasteiger charge is -2.16. The second kappa shape index (κ2) is 9.51. The first-order valence-corrected chi connectivity index (χ1v) is 10.2. The van der Waals surface area contributed by atoms with E-state index in [0.29, 0.717) is 17.9 Å². The van der Waals surface area contributed by atoms with E-state index in [2.05, 4.69) is 15.5 Å². The van der Waals surface area contributed by atoms with Crippen LogP contribution in [0.5, 0.6) is 0 Å². The largest absolute Gasteiger partial charge is 0.456 e. The maximum absolute atomic E-state index is 12.6. The quantitative estimate of drug-likeness (QED) is 0.421. The average Bonchev–Trinajstić information content (AvgIpc) is 3.12. The van der Waals surface area contributed by atoms with Crippen molar-refractivity contribution in [2.45, 2.75) is 44.7 Å². The molecule has 28 heavy (non-hydrogen) atoms. The molecule has 0 amide bonds. The van der Waals surface area contributed by atoms with Crippen LogP contribution in [-0.2, 0) is 32.7 Å². The molecule has 0 saturated heterocycles. The second-order valence-electron chi connectivity index (χ2n) is 6.17. The Hall–Kier alpha value is -2.66. The molecule has 0 fully saturated rings. The third-order valence-electron chi connectivity index (χ3n) is 4.01. The van der Waals surface area contributed by atoms with Crippen LogP contribution in [0.1, 0.15) is 42.9 Å². The molecule has 1 aromatic carbocycles. The zero-order valence-corrected chi connectivity index (χ0v) is 16.8. The lowest BCUT2D eigenvalue weighted by atomic mass is 10.2. The van der Waals surface area contributed by atoms with Crippen molar-refractivity contribution < 1.29 is 22.7 Å². The summed E-state index contributed by atoms with van der Waals surface area (Å²) in [5.41, 5.74) is 0.404. The van der Waals surface area contributed by atoms with Crippen molar-refractivity contribution in [3.63, 3.8) is 0 Å². The van der Waals surface area contributed by atoms with Gasteiger partial charge < -0.3 is 4.74 Å². The first kappa shape index (κ1) is 21.6. The first-order chi connectivity index (χ1) is 13.3. The standard InChI is InChI=1S/C17H23N5O5S/c1-4-5-10-22-16(18-19-20-22)12-27-17(24)11-21(3)28(25,26)15-8-6-14(7-9-15)13(2)23/h6-9H,4-5,10-12H2,1-3H3. The topological polar surface area (TPSA) is 124 Å². The highest BCUT2D eigenvalue weighted by atomic mass is 32.2. The number of carbonyl (C=O) groups excluding carboxylic acids is 2. The van der Waals surface area contributed by atoms with Crippen molar-refractivity contribution in [1.29, 1.82) is 0 Å². The summed E-state index contributed by atoms with van der Waals surface area (Å²) in [5.74, 6) is -0.495. The summed E-state index contributed by atoms with van der Waals surface area (Å²) in [7, 11) is -2.61. The van der Waals surface area contributed by atoms with E-state index < -0.39 is 22.5 Å². The molecule has 0 unspecified atom stereocenters. The molecule has 0 atom stereocenters. The highest BCUT2D eigenvalue weighted by molar-refractivity contribution is 7.89. The van der Waals surface area contributed by atoms with Gasteiger partial charge in [-0.3, -0.25) is 9.59 Å². The number of ketones is 1. The van der Waals surface area contributed by atoms with Crippen LogP contribution < -0.4 is 0 Å². The molecule has 2 rings (SSSR count). The summed E-state index contributed by atoms with van der Waals surface area (Å²) in [6.07, 6.45) is 1.85. The summed E-state index contributed by atoms with van der Waals surface area (Å²) in [5, 5.41) is 11.2. The zero-order valence-electron chi connectivity index (χ0n) is 16.0. The van der Waals surface area contributed by atoms with Crippen LogP contribution in [0, 0.1) is 0 Å². The van der Waals surface area contributed by atoms with Crippen LogP contribution >= 0.6 is 0 Å². The van der Waals surface area contributed by atoms with E-state index in [1.807, 2.05) is 6.92 Å². The van der Waals surface area contributed by atoms with E-state index in [-0.39, 0.29) is 17.3 Å². The highest BCUT2D eigenvalue weighted by Crippen LogP contribution is 2.15. The van der Waals surface area contributed by atoms with Gasteiger partial charge in [0.15, 0.2) is 18.2 Å². The van der Waals surface area contributed by atoms with Gasteiger partial charge in [0, 0.05) is 19.2 Å². The Morgan fingerprint density at radius 3 is 2.50 bits per heavy atom. The van der Waals surface area contributed by atoms with Crippen LogP contribution in [0.2, 0.25) is 0 Å². The molecule has 11 heteroatoms. The number of hydrogen-bond acceptors (Lipinski definition) is 8. The molecule has 0 radical (unpaired) electrons. The number of nitrogens with zero attached hydrogens (tertiary/aromatic N) is 5. The Morgan fingerprint density at radius 1 is 1.21 bits per heavy atom. The van der Waals surface area contributed by atoms with Gasteiger partial charge >= 0.3 is 5.97 Å². The first-order valence-electron chi connectivity index (χ1n) is 8.73. The molecule has 152 valence electrons. The summed E-state index contributed by atoms with van der Waals surface area (Å²) in [6.45, 7) is 3.43. The summed E-state index contributed by atoms with van der Waals surface area (Å²) in [6, 6.07) is 5.51. The van der Waals surface area contributed by atoms with Crippen LogP contribution in [-0.4, -0.2) is 58.3 Å². The lowest BCUT2D eigenvalue weighted by molar-refractivity contribution is -0.145. The number of sulfonamides is 1. The number of tetrazole rings is 1. The molecule has 0 aliphatic heterocycles. The van der Waals surface area contributed by atoms with E-state index in [1.165, 1.54) is 38.2 Å². The number of aromatic nitrogens is 4. The van der Waals surface area contributed by atoms with Crippen molar-refractivity contribution in [1.82, 2.24) is 24.5 Å². The number of unbranched alkanes of at least 4 members (excludes halogenated alkanes) is 1. The van der Waals surface area contributed by atoms with Crippen LogP contribution in [0.15, 0.2) is 29.2 Å². The molecule has 0 saturated carbocycles. The molecule has 0 spiro atoms. The van der Waals surface area contributed by atoms with E-state index >= 15 is 0 Å². The van der Waals surface area contributed by atoms with Crippen LogP contribution in [0.4, 0.5) is 0 Å². The third kappa shape index (κ3) is 5.42. The normalized spacial score (nSPS) is 11.6. The minimum Gasteiger partial charge on any atom is -0.456 e. The van der Waals surface area contributed by atoms with Gasteiger partial charge in [-0.25, -0.2) is 13.1 Å². The molecule has 0 aliphatic carbocycles. The molecule has 1 heterocycles. The molecular weight excluding hydrogens is 386 g/mol. The minimum absolute atomic E-state index is 0.0173. The number of aryl methyl sites for hydroxylation is 1. The zero-order chi connectivity index (χ0) is 20.7. The Balaban J connectivity index is 1.95. The Morgan fingerprint density at radius 2 is 1.89 bits per heavy atom. The van der Waals surface area contributed by atoms with Crippen LogP contribution in [0.3, 0.4) is 0 Å². The fourth-order valence-corrected chi connectivity index (χ4v) is 3.42. The van der Waals surface area contributed by atoms with Gasteiger partial charge in [-0.2, -0.15) is 4.31 Å². The summed E-state index contributed by atoms with van der Waals surface area (Å²) in [4.78, 5) is 23.3. The molecule has 0 N–H and O–H groups in total. The van der Waals surface area contributed by atoms with Gasteiger partial charge in [0.1, 0.15) is 6.54 Å². The maximum atomic E-state index is 12.6. The third-order valence-corrected chi connectivity index (χ3v) is 5.83. The molecular formula is C17H23N5O5S. The number of benzene rings is 1. The molecule has 2 aromatic rings. The van der Waals surface area contributed by atoms with E-state index in [4.69, 9.17) is 4.74 Å². The average molecular weight is 409 g/mol. The monoisotopic (exact) mass is 409 g/mol. The minimum atomic E-state index is -3.89. The number of Topliss-reactive ketones (excluding diaryl/α,β-unsaturated/α-hetero) is 1. The smallest absolute Gasteiger partial charge is 0.321 e. The number of esters is 1. The highest BCUT2D eigenvalue weighted by Gasteiger charge is 2.24.